The quantitative estimate of drug-likeness (QED) is 0.589. The Labute approximate surface area is 191 Å². The zero-order valence-electron chi connectivity index (χ0n) is 17.8. The lowest BCUT2D eigenvalue weighted by atomic mass is 10.0. The summed E-state index contributed by atoms with van der Waals surface area (Å²) >= 11 is 13.2. The largest absolute Gasteiger partial charge is 0.331 e. The summed E-state index contributed by atoms with van der Waals surface area (Å²) < 4.78 is 0. The Hall–Kier alpha value is -2.35. The minimum absolute atomic E-state index is 0.106. The van der Waals surface area contributed by atoms with Gasteiger partial charge in [0.15, 0.2) is 0 Å². The molecule has 1 aliphatic heterocycles. The van der Waals surface area contributed by atoms with Crippen LogP contribution in [0.5, 0.6) is 0 Å². The number of pyridine rings is 1. The molecule has 2 N–H and O–H groups in total. The van der Waals surface area contributed by atoms with Crippen LogP contribution < -0.4 is 5.32 Å². The highest BCUT2D eigenvalue weighted by atomic mass is 35.5. The van der Waals surface area contributed by atoms with Gasteiger partial charge in [-0.2, -0.15) is 5.10 Å². The number of fused-ring (bicyclic) bond motifs is 1. The van der Waals surface area contributed by atoms with Gasteiger partial charge in [0, 0.05) is 18.7 Å². The Morgan fingerprint density at radius 2 is 1.97 bits per heavy atom. The molecule has 0 radical (unpaired) electrons. The Bertz CT molecular complexity index is 1090. The normalized spacial score (nSPS) is 16.4. The molecule has 0 spiro atoms. The van der Waals surface area contributed by atoms with Gasteiger partial charge in [0.05, 0.1) is 33.5 Å². The van der Waals surface area contributed by atoms with Crippen LogP contribution >= 0.6 is 23.2 Å². The molecule has 3 aromatic rings. The molecule has 4 rings (SSSR count). The number of halogens is 2. The molecule has 3 heterocycles. The van der Waals surface area contributed by atoms with Crippen molar-refractivity contribution in [1.29, 1.82) is 0 Å². The van der Waals surface area contributed by atoms with Crippen molar-refractivity contribution in [2.75, 3.05) is 27.2 Å². The van der Waals surface area contributed by atoms with Crippen molar-refractivity contribution in [2.45, 2.75) is 31.8 Å². The molecule has 0 aliphatic carbocycles. The van der Waals surface area contributed by atoms with E-state index in [0.29, 0.717) is 15.7 Å². The van der Waals surface area contributed by atoms with Crippen LogP contribution in [-0.4, -0.2) is 64.2 Å². The first-order chi connectivity index (χ1) is 14.8. The molecule has 164 valence electrons. The van der Waals surface area contributed by atoms with Crippen LogP contribution in [0.2, 0.25) is 10.0 Å². The molecule has 0 saturated carbocycles. The number of nitrogens with zero attached hydrogens (tertiary/aromatic N) is 4. The number of aromatic nitrogens is 3. The molecular weight excluding hydrogens is 435 g/mol. The van der Waals surface area contributed by atoms with Crippen molar-refractivity contribution in [1.82, 2.24) is 30.3 Å². The molecule has 0 bridgehead atoms. The number of nitrogens with one attached hydrogen (secondary N) is 2. The summed E-state index contributed by atoms with van der Waals surface area (Å²) in [6.07, 6.45) is 3.62. The second-order valence-corrected chi connectivity index (χ2v) is 8.90. The minimum atomic E-state index is -0.287. The fourth-order valence-corrected chi connectivity index (χ4v) is 4.59. The summed E-state index contributed by atoms with van der Waals surface area (Å²) in [6, 6.07) is 7.42. The van der Waals surface area contributed by atoms with Crippen molar-refractivity contribution in [3.05, 3.63) is 46.1 Å². The Balaban J connectivity index is 1.50. The lowest BCUT2D eigenvalue weighted by molar-refractivity contribution is 0.146. The minimum Gasteiger partial charge on any atom is -0.331 e. The molecule has 1 fully saturated rings. The summed E-state index contributed by atoms with van der Waals surface area (Å²) in [4.78, 5) is 21.5. The summed E-state index contributed by atoms with van der Waals surface area (Å²) in [5, 5.41) is 10.8. The van der Waals surface area contributed by atoms with Crippen molar-refractivity contribution >= 4 is 40.3 Å². The number of hydrogen-bond acceptors (Lipinski definition) is 4. The zero-order valence-corrected chi connectivity index (χ0v) is 19.3. The Kier molecular flexibility index (Phi) is 6.36. The van der Waals surface area contributed by atoms with Crippen LogP contribution in [0.4, 0.5) is 4.79 Å². The number of urea groups is 1. The van der Waals surface area contributed by atoms with E-state index in [-0.39, 0.29) is 18.1 Å². The van der Waals surface area contributed by atoms with Crippen LogP contribution in [0.15, 0.2) is 30.5 Å². The highest BCUT2D eigenvalue weighted by Crippen LogP contribution is 2.38. The lowest BCUT2D eigenvalue weighted by Crippen LogP contribution is -2.48. The van der Waals surface area contributed by atoms with E-state index in [9.17, 15) is 4.79 Å². The predicted molar refractivity (Wildman–Crippen MR) is 125 cm³/mol. The van der Waals surface area contributed by atoms with Gasteiger partial charge in [0.2, 0.25) is 0 Å². The molecule has 2 amide bonds. The molecule has 1 unspecified atom stereocenters. The van der Waals surface area contributed by atoms with Gasteiger partial charge < -0.3 is 15.1 Å². The zero-order chi connectivity index (χ0) is 22.1. The fraction of sp³-hybridized carbons (Fsp3) is 0.409. The summed E-state index contributed by atoms with van der Waals surface area (Å²) in [5.41, 5.74) is 3.83. The van der Waals surface area contributed by atoms with Gasteiger partial charge in [-0.15, -0.1) is 0 Å². The molecule has 1 saturated heterocycles. The summed E-state index contributed by atoms with van der Waals surface area (Å²) in [7, 11) is 3.96. The van der Waals surface area contributed by atoms with Gasteiger partial charge in [0.1, 0.15) is 5.52 Å². The average Bonchev–Trinajstić information content (AvgIpc) is 3.23. The van der Waals surface area contributed by atoms with Gasteiger partial charge in [-0.25, -0.2) is 9.78 Å². The SMILES string of the molecule is CC(NC(=O)N(C)C1CCN(C)CC1)c1ccc(-c2ccc3[nH]ncc3n2)c(Cl)c1Cl. The molecular formula is C22H26Cl2N6O. The van der Waals surface area contributed by atoms with Crippen LogP contribution in [0.3, 0.4) is 0 Å². The van der Waals surface area contributed by atoms with E-state index >= 15 is 0 Å². The first-order valence-corrected chi connectivity index (χ1v) is 11.1. The van der Waals surface area contributed by atoms with Gasteiger partial charge >= 0.3 is 6.03 Å². The summed E-state index contributed by atoms with van der Waals surface area (Å²) in [6.45, 7) is 3.91. The molecule has 7 nitrogen and oxygen atoms in total. The van der Waals surface area contributed by atoms with E-state index < -0.39 is 0 Å². The Morgan fingerprint density at radius 3 is 2.71 bits per heavy atom. The maximum absolute atomic E-state index is 12.8. The number of rotatable bonds is 4. The van der Waals surface area contributed by atoms with Gasteiger partial charge in [-0.1, -0.05) is 35.3 Å². The van der Waals surface area contributed by atoms with Crippen molar-refractivity contribution in [3.63, 3.8) is 0 Å². The molecule has 2 aromatic heterocycles. The predicted octanol–water partition coefficient (Wildman–Crippen LogP) is 4.73. The molecule has 1 aliphatic rings. The number of amides is 2. The maximum Gasteiger partial charge on any atom is 0.317 e. The van der Waals surface area contributed by atoms with E-state index in [1.807, 2.05) is 38.2 Å². The van der Waals surface area contributed by atoms with E-state index in [1.165, 1.54) is 0 Å². The highest BCUT2D eigenvalue weighted by molar-refractivity contribution is 6.44. The number of likely N-dealkylation sites (tertiary alicyclic amines) is 1. The maximum atomic E-state index is 12.8. The molecule has 31 heavy (non-hydrogen) atoms. The van der Waals surface area contributed by atoms with Crippen LogP contribution in [0, 0.1) is 0 Å². The Morgan fingerprint density at radius 1 is 1.23 bits per heavy atom. The second-order valence-electron chi connectivity index (χ2n) is 8.15. The molecule has 1 aromatic carbocycles. The van der Waals surface area contributed by atoms with Crippen LogP contribution in [0.1, 0.15) is 31.4 Å². The number of H-pyrrole nitrogens is 1. The molecule has 9 heteroatoms. The fourth-order valence-electron chi connectivity index (χ4n) is 3.99. The van der Waals surface area contributed by atoms with E-state index in [2.05, 4.69) is 32.4 Å². The van der Waals surface area contributed by atoms with Gasteiger partial charge in [-0.3, -0.25) is 5.10 Å². The summed E-state index contributed by atoms with van der Waals surface area (Å²) in [5.74, 6) is 0. The van der Waals surface area contributed by atoms with E-state index in [1.54, 1.807) is 11.1 Å². The van der Waals surface area contributed by atoms with Crippen molar-refractivity contribution in [2.24, 2.45) is 0 Å². The van der Waals surface area contributed by atoms with Crippen molar-refractivity contribution < 1.29 is 4.79 Å². The number of carbonyl (C=O) groups is 1. The first-order valence-electron chi connectivity index (χ1n) is 10.4. The second kappa shape index (κ2) is 9.02. The number of aromatic amines is 1. The van der Waals surface area contributed by atoms with E-state index in [0.717, 1.165) is 48.1 Å². The number of carbonyl (C=O) groups excluding carboxylic acids is 1. The van der Waals surface area contributed by atoms with Crippen LogP contribution in [0.25, 0.3) is 22.3 Å². The van der Waals surface area contributed by atoms with Gasteiger partial charge in [-0.05, 0) is 57.6 Å². The highest BCUT2D eigenvalue weighted by Gasteiger charge is 2.26. The third-order valence-electron chi connectivity index (χ3n) is 6.05. The molecule has 1 atom stereocenters. The first kappa shape index (κ1) is 21.9. The standard InChI is InChI=1S/C22H26Cl2N6O/c1-13(26-22(31)30(3)14-8-10-29(2)11-9-14)15-4-5-16(21(24)20(15)23)17-6-7-18-19(27-17)12-25-28-18/h4-7,12-14H,8-11H2,1-3H3,(H,25,28)(H,26,31). The number of hydrogen-bond donors (Lipinski definition) is 2. The third kappa shape index (κ3) is 4.49. The van der Waals surface area contributed by atoms with Crippen molar-refractivity contribution in [3.8, 4) is 11.3 Å². The van der Waals surface area contributed by atoms with Gasteiger partial charge in [0.25, 0.3) is 0 Å². The number of piperidine rings is 1. The third-order valence-corrected chi connectivity index (χ3v) is 6.94. The van der Waals surface area contributed by atoms with E-state index in [4.69, 9.17) is 23.2 Å². The average molecular weight is 461 g/mol. The topological polar surface area (TPSA) is 77.2 Å². The number of benzene rings is 1. The smallest absolute Gasteiger partial charge is 0.317 e. The lowest BCUT2D eigenvalue weighted by Gasteiger charge is -2.35. The monoisotopic (exact) mass is 460 g/mol. The van der Waals surface area contributed by atoms with Crippen LogP contribution in [-0.2, 0) is 0 Å².